The van der Waals surface area contributed by atoms with Gasteiger partial charge >= 0.3 is 12.1 Å². The molecule has 1 saturated heterocycles. The van der Waals surface area contributed by atoms with Crippen LogP contribution in [0.25, 0.3) is 0 Å². The van der Waals surface area contributed by atoms with E-state index in [9.17, 15) is 4.79 Å². The third-order valence-corrected chi connectivity index (χ3v) is 3.17. The molecule has 0 aromatic rings. The molecule has 2 bridgehead atoms. The largest absolute Gasteiger partial charge is 0.466 e. The maximum Gasteiger partial charge on any atom is 0.373 e. The van der Waals surface area contributed by atoms with Gasteiger partial charge in [0.05, 0.1) is 12.5 Å². The fourth-order valence-electron chi connectivity index (χ4n) is 2.52. The highest BCUT2D eigenvalue weighted by atomic mass is 16.5. The second kappa shape index (κ2) is 6.33. The molecule has 0 radical (unpaired) electrons. The molecular formula is C12H17NO4. The van der Waals surface area contributed by atoms with E-state index in [0.29, 0.717) is 12.5 Å². The lowest BCUT2D eigenvalue weighted by Gasteiger charge is -2.43. The van der Waals surface area contributed by atoms with Crippen LogP contribution < -0.4 is 0 Å². The lowest BCUT2D eigenvalue weighted by molar-refractivity contribution is -0.191. The Morgan fingerprint density at radius 1 is 1.47 bits per heavy atom. The number of rotatable bonds is 2. The molecule has 0 N–H and O–H groups in total. The molecule has 0 spiro atoms. The first-order valence-electron chi connectivity index (χ1n) is 5.68. The summed E-state index contributed by atoms with van der Waals surface area (Å²) in [6.07, 6.45) is 5.60. The van der Waals surface area contributed by atoms with E-state index in [1.807, 2.05) is 6.92 Å². The molecule has 3 aliphatic rings. The fourth-order valence-corrected chi connectivity index (χ4v) is 2.52. The topological polar surface area (TPSA) is 63.7 Å². The maximum absolute atomic E-state index is 11.7. The Bertz CT molecular complexity index is 333. The van der Waals surface area contributed by atoms with Crippen molar-refractivity contribution in [3.05, 3.63) is 12.2 Å². The van der Waals surface area contributed by atoms with Gasteiger partial charge in [-0.15, -0.1) is 0 Å². The molecule has 1 fully saturated rings. The van der Waals surface area contributed by atoms with E-state index in [0.717, 1.165) is 13.0 Å². The van der Waals surface area contributed by atoms with E-state index in [-0.39, 0.29) is 24.1 Å². The number of esters is 1. The Morgan fingerprint density at radius 2 is 2.12 bits per heavy atom. The second-order valence-corrected chi connectivity index (χ2v) is 4.25. The van der Waals surface area contributed by atoms with Crippen LogP contribution in [0.3, 0.4) is 0 Å². The number of carbonyl (C=O) groups excluding carboxylic acids is 3. The summed E-state index contributed by atoms with van der Waals surface area (Å²) >= 11 is 0. The summed E-state index contributed by atoms with van der Waals surface area (Å²) in [5, 5.41) is 0. The van der Waals surface area contributed by atoms with Crippen molar-refractivity contribution in [2.45, 2.75) is 19.4 Å². The number of likely N-dealkylation sites (N-methyl/N-ethyl adjacent to an activating group) is 1. The molecule has 2 aliphatic heterocycles. The highest BCUT2D eigenvalue weighted by Gasteiger charge is 2.40. The van der Waals surface area contributed by atoms with Crippen LogP contribution in [0.1, 0.15) is 13.3 Å². The number of hydrogen-bond acceptors (Lipinski definition) is 5. The number of fused-ring (bicyclic) bond motifs is 2. The zero-order valence-corrected chi connectivity index (χ0v) is 10.1. The first-order valence-corrected chi connectivity index (χ1v) is 5.68. The third kappa shape index (κ3) is 3.25. The molecular weight excluding hydrogens is 222 g/mol. The average Bonchev–Trinajstić information content (AvgIpc) is 2.30. The van der Waals surface area contributed by atoms with Crippen molar-refractivity contribution in [1.82, 2.24) is 4.90 Å². The van der Waals surface area contributed by atoms with E-state index in [1.54, 1.807) is 0 Å². The smallest absolute Gasteiger partial charge is 0.373 e. The highest BCUT2D eigenvalue weighted by molar-refractivity contribution is 5.74. The van der Waals surface area contributed by atoms with E-state index < -0.39 is 0 Å². The van der Waals surface area contributed by atoms with Gasteiger partial charge in [0.15, 0.2) is 0 Å². The number of nitrogens with zero attached hydrogens (tertiary/aromatic N) is 1. The summed E-state index contributed by atoms with van der Waals surface area (Å²) in [5.74, 6) is 0.571. The van der Waals surface area contributed by atoms with E-state index in [1.165, 1.54) is 0 Å². The van der Waals surface area contributed by atoms with Gasteiger partial charge in [0.1, 0.15) is 0 Å². The Hall–Kier alpha value is -1.45. The normalized spacial score (nSPS) is 30.1. The lowest BCUT2D eigenvalue weighted by atomic mass is 9.78. The molecule has 5 nitrogen and oxygen atoms in total. The Kier molecular flexibility index (Phi) is 5.07. The standard InChI is InChI=1S/C11H17NO2.CO2/c1-3-14-11(13)9-6-8-4-5-10(9)12(2)7-8;2-1-3/h4-5,8-10H,3,6-7H2,1-2H3;. The monoisotopic (exact) mass is 239 g/mol. The summed E-state index contributed by atoms with van der Waals surface area (Å²) < 4.78 is 5.08. The number of piperidine rings is 1. The van der Waals surface area contributed by atoms with Crippen molar-refractivity contribution < 1.29 is 19.1 Å². The number of carbonyl (C=O) groups is 1. The van der Waals surface area contributed by atoms with Gasteiger partial charge < -0.3 is 4.74 Å². The second-order valence-electron chi connectivity index (χ2n) is 4.25. The zero-order valence-electron chi connectivity index (χ0n) is 10.1. The van der Waals surface area contributed by atoms with E-state index >= 15 is 0 Å². The van der Waals surface area contributed by atoms with E-state index in [4.69, 9.17) is 14.3 Å². The van der Waals surface area contributed by atoms with Gasteiger partial charge in [-0.1, -0.05) is 12.2 Å². The fraction of sp³-hybridized carbons (Fsp3) is 0.667. The molecule has 2 heterocycles. The SMILES string of the molecule is CCOC(=O)C1CC2C=CC1N(C)C2.O=C=O. The predicted molar refractivity (Wildman–Crippen MR) is 58.8 cm³/mol. The lowest BCUT2D eigenvalue weighted by Crippen LogP contribution is -2.51. The molecule has 0 aromatic carbocycles. The van der Waals surface area contributed by atoms with Crippen LogP contribution in [0.5, 0.6) is 0 Å². The molecule has 3 atom stereocenters. The summed E-state index contributed by atoms with van der Waals surface area (Å²) in [6, 6.07) is 0.263. The van der Waals surface area contributed by atoms with Crippen LogP contribution >= 0.6 is 0 Å². The zero-order chi connectivity index (χ0) is 12.8. The van der Waals surface area contributed by atoms with Crippen molar-refractivity contribution >= 4 is 12.1 Å². The molecule has 5 heteroatoms. The van der Waals surface area contributed by atoms with Crippen LogP contribution in [-0.2, 0) is 19.1 Å². The van der Waals surface area contributed by atoms with Crippen molar-refractivity contribution in [1.29, 1.82) is 0 Å². The summed E-state index contributed by atoms with van der Waals surface area (Å²) in [6.45, 7) is 3.43. The molecule has 3 unspecified atom stereocenters. The minimum atomic E-state index is -0.0293. The van der Waals surface area contributed by atoms with Crippen LogP contribution in [0, 0.1) is 11.8 Å². The Morgan fingerprint density at radius 3 is 2.59 bits per heavy atom. The summed E-state index contributed by atoms with van der Waals surface area (Å²) in [7, 11) is 2.08. The van der Waals surface area contributed by atoms with Gasteiger partial charge in [0.25, 0.3) is 0 Å². The third-order valence-electron chi connectivity index (χ3n) is 3.17. The van der Waals surface area contributed by atoms with Gasteiger partial charge in [-0.05, 0) is 26.3 Å². The van der Waals surface area contributed by atoms with Crippen LogP contribution in [0.15, 0.2) is 12.2 Å². The van der Waals surface area contributed by atoms with Gasteiger partial charge in [0.2, 0.25) is 0 Å². The minimum Gasteiger partial charge on any atom is -0.466 e. The predicted octanol–water partition coefficient (Wildman–Crippen LogP) is 0.472. The highest BCUT2D eigenvalue weighted by Crippen LogP contribution is 2.33. The van der Waals surface area contributed by atoms with Crippen LogP contribution in [0.2, 0.25) is 0 Å². The first kappa shape index (κ1) is 13.6. The minimum absolute atomic E-state index is 0.0293. The molecule has 0 aromatic heterocycles. The van der Waals surface area contributed by atoms with Crippen molar-refractivity contribution in [3.63, 3.8) is 0 Å². The van der Waals surface area contributed by atoms with Crippen molar-refractivity contribution in [2.75, 3.05) is 20.2 Å². The van der Waals surface area contributed by atoms with Crippen LogP contribution in [-0.4, -0.2) is 43.3 Å². The van der Waals surface area contributed by atoms with Gasteiger partial charge in [0, 0.05) is 12.6 Å². The molecule has 0 amide bonds. The van der Waals surface area contributed by atoms with Crippen molar-refractivity contribution in [3.8, 4) is 0 Å². The van der Waals surface area contributed by atoms with Crippen molar-refractivity contribution in [2.24, 2.45) is 11.8 Å². The quantitative estimate of drug-likeness (QED) is 0.518. The molecule has 94 valence electrons. The molecule has 3 rings (SSSR count). The summed E-state index contributed by atoms with van der Waals surface area (Å²) in [5.41, 5.74) is 0. The first-order chi connectivity index (χ1) is 8.13. The molecule has 1 aliphatic carbocycles. The van der Waals surface area contributed by atoms with Gasteiger partial charge in [-0.3, -0.25) is 9.69 Å². The number of hydrogen-bond donors (Lipinski definition) is 0. The number of ether oxygens (including phenoxy) is 1. The van der Waals surface area contributed by atoms with Crippen LogP contribution in [0.4, 0.5) is 0 Å². The van der Waals surface area contributed by atoms with Gasteiger partial charge in [-0.25, -0.2) is 0 Å². The molecule has 17 heavy (non-hydrogen) atoms. The van der Waals surface area contributed by atoms with E-state index in [2.05, 4.69) is 24.1 Å². The Balaban J connectivity index is 0.000000437. The average molecular weight is 239 g/mol. The maximum atomic E-state index is 11.7. The van der Waals surface area contributed by atoms with Gasteiger partial charge in [-0.2, -0.15) is 9.59 Å². The molecule has 0 saturated carbocycles. The summed E-state index contributed by atoms with van der Waals surface area (Å²) in [4.78, 5) is 30.1. The Labute approximate surface area is 100 Å².